The number of hydrogen-bond acceptors (Lipinski definition) is 3. The predicted octanol–water partition coefficient (Wildman–Crippen LogP) is 2.84. The Morgan fingerprint density at radius 2 is 2.17 bits per heavy atom. The SMILES string of the molecule is O=C1O[C@H]2[C@@H]3C[C@@H](C[C@H]13)[C@H]2S[C@@H](CCl)C(F)(F)F. The molecule has 1 aliphatic heterocycles. The van der Waals surface area contributed by atoms with Crippen LogP contribution in [0.1, 0.15) is 12.8 Å². The van der Waals surface area contributed by atoms with E-state index in [1.807, 2.05) is 0 Å². The molecular formula is C11H12ClF3O2S. The highest BCUT2D eigenvalue weighted by atomic mass is 35.5. The van der Waals surface area contributed by atoms with Crippen LogP contribution in [0.25, 0.3) is 0 Å². The molecule has 3 aliphatic rings. The molecule has 2 aliphatic carbocycles. The van der Waals surface area contributed by atoms with Crippen LogP contribution in [0.5, 0.6) is 0 Å². The first-order valence-electron chi connectivity index (χ1n) is 5.90. The van der Waals surface area contributed by atoms with Crippen LogP contribution in [0.3, 0.4) is 0 Å². The van der Waals surface area contributed by atoms with Crippen LogP contribution in [0.4, 0.5) is 13.2 Å². The van der Waals surface area contributed by atoms with E-state index in [9.17, 15) is 18.0 Å². The number of carbonyl (C=O) groups is 1. The Hall–Kier alpha value is -0.100. The Bertz CT molecular complexity index is 376. The van der Waals surface area contributed by atoms with Crippen LogP contribution < -0.4 is 0 Å². The van der Waals surface area contributed by atoms with Crippen LogP contribution in [0, 0.1) is 17.8 Å². The number of alkyl halides is 4. The molecule has 6 atom stereocenters. The molecule has 0 spiro atoms. The molecule has 7 heteroatoms. The highest BCUT2D eigenvalue weighted by Gasteiger charge is 2.62. The third-order valence-electron chi connectivity index (χ3n) is 4.24. The zero-order valence-corrected chi connectivity index (χ0v) is 10.9. The topological polar surface area (TPSA) is 26.3 Å². The van der Waals surface area contributed by atoms with E-state index in [1.165, 1.54) is 0 Å². The monoisotopic (exact) mass is 300 g/mol. The maximum Gasteiger partial charge on any atom is 0.401 e. The fraction of sp³-hybridized carbons (Fsp3) is 0.909. The summed E-state index contributed by atoms with van der Waals surface area (Å²) < 4.78 is 43.4. The van der Waals surface area contributed by atoms with E-state index in [2.05, 4.69) is 0 Å². The summed E-state index contributed by atoms with van der Waals surface area (Å²) >= 11 is 6.26. The maximum atomic E-state index is 12.7. The van der Waals surface area contributed by atoms with Crippen LogP contribution in [0.15, 0.2) is 0 Å². The van der Waals surface area contributed by atoms with Crippen molar-refractivity contribution in [1.82, 2.24) is 0 Å². The Morgan fingerprint density at radius 3 is 2.78 bits per heavy atom. The van der Waals surface area contributed by atoms with Gasteiger partial charge in [0.25, 0.3) is 0 Å². The van der Waals surface area contributed by atoms with E-state index in [-0.39, 0.29) is 35.1 Å². The first-order valence-corrected chi connectivity index (χ1v) is 7.38. The van der Waals surface area contributed by atoms with Gasteiger partial charge in [0.15, 0.2) is 0 Å². The number of halogens is 4. The van der Waals surface area contributed by atoms with Crippen LogP contribution in [-0.2, 0) is 9.53 Å². The maximum absolute atomic E-state index is 12.7. The molecule has 18 heavy (non-hydrogen) atoms. The molecule has 0 amide bonds. The molecule has 3 fully saturated rings. The van der Waals surface area contributed by atoms with Crippen molar-refractivity contribution < 1.29 is 22.7 Å². The van der Waals surface area contributed by atoms with Crippen LogP contribution >= 0.6 is 23.4 Å². The summed E-state index contributed by atoms with van der Waals surface area (Å²) in [5, 5.41) is -1.80. The average molecular weight is 301 g/mol. The van der Waals surface area contributed by atoms with Crippen molar-refractivity contribution in [1.29, 1.82) is 0 Å². The van der Waals surface area contributed by atoms with Crippen LogP contribution in [-0.4, -0.2) is 34.6 Å². The second-order valence-corrected chi connectivity index (χ2v) is 6.88. The fourth-order valence-corrected chi connectivity index (χ4v) is 5.34. The molecule has 0 N–H and O–H groups in total. The number of fused-ring (bicyclic) bond motifs is 1. The molecule has 0 aromatic heterocycles. The Kier molecular flexibility index (Phi) is 3.01. The van der Waals surface area contributed by atoms with Crippen molar-refractivity contribution in [3.8, 4) is 0 Å². The number of esters is 1. The van der Waals surface area contributed by atoms with E-state index in [4.69, 9.17) is 16.3 Å². The predicted molar refractivity (Wildman–Crippen MR) is 61.5 cm³/mol. The molecule has 1 heterocycles. The Balaban J connectivity index is 1.73. The molecule has 2 bridgehead atoms. The zero-order valence-electron chi connectivity index (χ0n) is 9.32. The van der Waals surface area contributed by atoms with Gasteiger partial charge in [0.1, 0.15) is 11.4 Å². The molecule has 0 unspecified atom stereocenters. The second-order valence-electron chi connectivity index (χ2n) is 5.19. The summed E-state index contributed by atoms with van der Waals surface area (Å²) in [5.74, 6) is -0.410. The lowest BCUT2D eigenvalue weighted by Gasteiger charge is -2.28. The number of hydrogen-bond donors (Lipinski definition) is 0. The van der Waals surface area contributed by atoms with Crippen molar-refractivity contribution in [3.63, 3.8) is 0 Å². The van der Waals surface area contributed by atoms with Gasteiger partial charge in [-0.1, -0.05) is 0 Å². The third kappa shape index (κ3) is 1.83. The molecule has 2 nitrogen and oxygen atoms in total. The smallest absolute Gasteiger partial charge is 0.401 e. The van der Waals surface area contributed by atoms with E-state index in [0.29, 0.717) is 6.42 Å². The summed E-state index contributed by atoms with van der Waals surface area (Å²) in [7, 11) is 0. The first-order chi connectivity index (χ1) is 8.41. The van der Waals surface area contributed by atoms with E-state index in [0.717, 1.165) is 18.2 Å². The van der Waals surface area contributed by atoms with Crippen molar-refractivity contribution in [3.05, 3.63) is 0 Å². The van der Waals surface area contributed by atoms with Gasteiger partial charge in [0, 0.05) is 17.0 Å². The van der Waals surface area contributed by atoms with Crippen LogP contribution in [0.2, 0.25) is 0 Å². The Labute approximate surface area is 112 Å². The minimum Gasteiger partial charge on any atom is -0.461 e. The van der Waals surface area contributed by atoms with E-state index < -0.39 is 17.3 Å². The van der Waals surface area contributed by atoms with Gasteiger partial charge < -0.3 is 4.74 Å². The highest BCUT2D eigenvalue weighted by molar-refractivity contribution is 8.00. The van der Waals surface area contributed by atoms with E-state index in [1.54, 1.807) is 0 Å². The van der Waals surface area contributed by atoms with Crippen molar-refractivity contribution in [2.75, 3.05) is 5.88 Å². The normalized spacial score (nSPS) is 43.3. The van der Waals surface area contributed by atoms with Crippen molar-refractivity contribution in [2.45, 2.75) is 35.6 Å². The molecule has 0 radical (unpaired) electrons. The number of ether oxygens (including phenoxy) is 1. The van der Waals surface area contributed by atoms with Crippen molar-refractivity contribution >= 4 is 29.3 Å². The molecule has 0 aromatic rings. The first kappa shape index (κ1) is 12.9. The van der Waals surface area contributed by atoms with Gasteiger partial charge in [0.05, 0.1) is 5.92 Å². The number of carbonyl (C=O) groups excluding carboxylic acids is 1. The van der Waals surface area contributed by atoms with Gasteiger partial charge in [-0.25, -0.2) is 0 Å². The lowest BCUT2D eigenvalue weighted by atomic mass is 9.89. The van der Waals surface area contributed by atoms with Gasteiger partial charge >= 0.3 is 12.1 Å². The van der Waals surface area contributed by atoms with E-state index >= 15 is 0 Å². The minimum absolute atomic E-state index is 0.0582. The average Bonchev–Trinajstić information content (AvgIpc) is 2.86. The van der Waals surface area contributed by atoms with Gasteiger partial charge in [-0.2, -0.15) is 13.2 Å². The summed E-state index contributed by atoms with van der Waals surface area (Å²) in [6.45, 7) is 0. The van der Waals surface area contributed by atoms with Gasteiger partial charge in [0.2, 0.25) is 0 Å². The molecule has 0 aromatic carbocycles. The molecular weight excluding hydrogens is 289 g/mol. The molecule has 102 valence electrons. The lowest BCUT2D eigenvalue weighted by Crippen LogP contribution is -2.36. The number of thioether (sulfide) groups is 1. The second kappa shape index (κ2) is 4.20. The summed E-state index contributed by atoms with van der Waals surface area (Å²) in [4.78, 5) is 11.5. The standard InChI is InChI=1S/C11H12ClF3O2S/c12-3-7(11(13,14)15)18-9-4-1-5-6(2-4)10(16)17-8(5)9/h4-9H,1-3H2/t4-,5+,6-,7-,8-,9+/m0/s1. The molecule has 2 saturated carbocycles. The largest absolute Gasteiger partial charge is 0.461 e. The Morgan fingerprint density at radius 1 is 1.44 bits per heavy atom. The summed E-state index contributed by atoms with van der Waals surface area (Å²) in [6.07, 6.45) is -3.11. The van der Waals surface area contributed by atoms with Crippen molar-refractivity contribution in [2.24, 2.45) is 17.8 Å². The third-order valence-corrected chi connectivity index (χ3v) is 6.46. The summed E-state index contributed by atoms with van der Waals surface area (Å²) in [5.41, 5.74) is 0. The molecule has 1 saturated heterocycles. The lowest BCUT2D eigenvalue weighted by molar-refractivity contribution is -0.143. The highest BCUT2D eigenvalue weighted by Crippen LogP contribution is 2.59. The number of rotatable bonds is 3. The van der Waals surface area contributed by atoms with Gasteiger partial charge in [-0.3, -0.25) is 4.79 Å². The quantitative estimate of drug-likeness (QED) is 0.592. The zero-order chi connectivity index (χ0) is 13.1. The summed E-state index contributed by atoms with van der Waals surface area (Å²) in [6, 6.07) is 0. The molecule has 3 rings (SSSR count). The van der Waals surface area contributed by atoms with Gasteiger partial charge in [-0.05, 0) is 18.8 Å². The fourth-order valence-electron chi connectivity index (χ4n) is 3.48. The minimum atomic E-state index is -4.30. The van der Waals surface area contributed by atoms with Gasteiger partial charge in [-0.15, -0.1) is 23.4 Å².